The predicted octanol–water partition coefficient (Wildman–Crippen LogP) is 19.3. The smallest absolute Gasteiger partial charge is 0.256 e. The first-order valence-electron chi connectivity index (χ1n) is 33.5. The van der Waals surface area contributed by atoms with Crippen LogP contribution in [0.4, 0.5) is 85.3 Å². The van der Waals surface area contributed by atoms with Crippen LogP contribution < -0.4 is 62.0 Å². The average Bonchev–Trinajstić information content (AvgIpc) is 0.688. The van der Waals surface area contributed by atoms with Crippen molar-refractivity contribution in [3.05, 3.63) is 293 Å². The van der Waals surface area contributed by atoms with Crippen molar-refractivity contribution in [3.63, 3.8) is 0 Å². The zero-order valence-electron chi connectivity index (χ0n) is 55.4. The van der Waals surface area contributed by atoms with Gasteiger partial charge in [-0.2, -0.15) is 0 Å². The normalized spacial score (nSPS) is 14.8. The Bertz CT molecular complexity index is 5050. The van der Waals surface area contributed by atoms with Gasteiger partial charge < -0.3 is 29.2 Å². The van der Waals surface area contributed by atoms with Gasteiger partial charge in [-0.05, 0) is 227 Å². The molecule has 0 spiro atoms. The molecule has 6 nitrogen and oxygen atoms in total. The lowest BCUT2D eigenvalue weighted by atomic mass is 9.30. The van der Waals surface area contributed by atoms with Gasteiger partial charge in [-0.1, -0.05) is 185 Å². The molecule has 0 N–H and O–H groups in total. The first-order valence-corrected chi connectivity index (χ1v) is 33.5. The monoisotopic (exact) mass is 1220 g/mol. The van der Waals surface area contributed by atoms with Crippen LogP contribution in [0.1, 0.15) is 85.0 Å². The van der Waals surface area contributed by atoms with Crippen molar-refractivity contribution in [1.29, 1.82) is 0 Å². The van der Waals surface area contributed by atoms with Crippen LogP contribution in [0.15, 0.2) is 249 Å². The molecule has 0 radical (unpaired) electrons. The second kappa shape index (κ2) is 21.6. The van der Waals surface area contributed by atoms with Gasteiger partial charge in [-0.25, -0.2) is 0 Å². The number of hydrogen-bond donors (Lipinski definition) is 0. The van der Waals surface area contributed by atoms with Crippen molar-refractivity contribution < 1.29 is 4.74 Å². The quantitative estimate of drug-likeness (QED) is 0.134. The Kier molecular flexibility index (Phi) is 13.2. The third-order valence-corrected chi connectivity index (χ3v) is 21.4. The molecule has 12 aromatic carbocycles. The molecule has 0 atom stereocenters. The number of benzene rings is 12. The molecule has 94 heavy (non-hydrogen) atoms. The largest absolute Gasteiger partial charge is 0.458 e. The van der Waals surface area contributed by atoms with Crippen LogP contribution in [0.5, 0.6) is 11.5 Å². The number of ether oxygens (including phenoxy) is 1. The van der Waals surface area contributed by atoms with Gasteiger partial charge in [0.1, 0.15) is 11.5 Å². The summed E-state index contributed by atoms with van der Waals surface area (Å²) < 4.78 is 7.38. The first kappa shape index (κ1) is 57.5. The Balaban J connectivity index is 0.988. The van der Waals surface area contributed by atoms with E-state index in [0.717, 1.165) is 97.8 Å². The second-order valence-electron chi connectivity index (χ2n) is 28.2. The van der Waals surface area contributed by atoms with Crippen molar-refractivity contribution in [2.75, 3.05) is 24.5 Å². The minimum atomic E-state index is -0.178. The number of rotatable bonds is 9. The van der Waals surface area contributed by atoms with Crippen LogP contribution in [-0.2, 0) is 10.8 Å². The highest BCUT2D eigenvalue weighted by Crippen LogP contribution is 2.54. The standard InChI is InChI=1S/C86H75B2N5O/c1-54-27-17-21-39-71(54)92(83-56(3)29-25-30-57(83)4)63-48-76-81-77(49-63)91(62-43-44-65-66(47-62)86(9,10)46-45-85(65,7)8)73-41-23-19-37-67(73)87(81)69-52-70-75(53-74(69)89(76)60-33-13-11-14-34-60)90(61-35-15-12-16-36-61)78-50-64(51-80-82(78)88(70)68-38-20-24-42-79(68)94-80)93(72-40-22-18-28-55(72)2)84-58(5)31-26-32-59(84)6/h11-44,47-53H,45-46H2,1-10H3. The van der Waals surface area contributed by atoms with Crippen molar-refractivity contribution in [3.8, 4) is 11.5 Å². The van der Waals surface area contributed by atoms with E-state index in [0.29, 0.717) is 0 Å². The van der Waals surface area contributed by atoms with Gasteiger partial charge in [-0.3, -0.25) is 0 Å². The van der Waals surface area contributed by atoms with Crippen molar-refractivity contribution in [2.45, 2.75) is 92.9 Å². The molecule has 1 aliphatic carbocycles. The maximum atomic E-state index is 7.38. The molecule has 0 saturated carbocycles. The SMILES string of the molecule is Cc1ccccc1N(c1cc2c3c(c1)N(c1ccccc1)c1cc4c(cc1B3c1ccccc1O2)B1c2ccccc2N(c2ccc3c(c2)C(C)(C)CCC3(C)C)c2cc(N(c3ccccc3C)c3c(C)cccc3C)cc(c21)N4c1ccccc1)c1c(C)cccc1C. The maximum absolute atomic E-state index is 7.38. The highest BCUT2D eigenvalue weighted by molar-refractivity contribution is 7.02. The lowest BCUT2D eigenvalue weighted by Crippen LogP contribution is -2.64. The van der Waals surface area contributed by atoms with Gasteiger partial charge >= 0.3 is 0 Å². The summed E-state index contributed by atoms with van der Waals surface area (Å²) in [4.78, 5) is 12.8. The average molecular weight is 1220 g/mol. The fourth-order valence-electron chi connectivity index (χ4n) is 16.8. The molecule has 0 fully saturated rings. The third kappa shape index (κ3) is 8.78. The van der Waals surface area contributed by atoms with E-state index in [1.165, 1.54) is 89.1 Å². The fraction of sp³-hybridized carbons (Fsp3) is 0.163. The summed E-state index contributed by atoms with van der Waals surface area (Å²) in [5, 5.41) is 0. The van der Waals surface area contributed by atoms with Gasteiger partial charge in [-0.15, -0.1) is 0 Å². The predicted molar refractivity (Wildman–Crippen MR) is 399 cm³/mol. The Hall–Kier alpha value is -10.4. The van der Waals surface area contributed by atoms with Gasteiger partial charge in [0, 0.05) is 68.6 Å². The molecule has 4 aliphatic heterocycles. The van der Waals surface area contributed by atoms with Crippen LogP contribution >= 0.6 is 0 Å². The number of fused-ring (bicyclic) bond motifs is 9. The van der Waals surface area contributed by atoms with E-state index in [2.05, 4.69) is 342 Å². The van der Waals surface area contributed by atoms with Crippen LogP contribution in [-0.4, -0.2) is 13.4 Å². The van der Waals surface area contributed by atoms with E-state index < -0.39 is 0 Å². The van der Waals surface area contributed by atoms with E-state index in [1.54, 1.807) is 0 Å². The lowest BCUT2D eigenvalue weighted by Gasteiger charge is -2.47. The molecule has 4 heterocycles. The lowest BCUT2D eigenvalue weighted by molar-refractivity contribution is 0.332. The Labute approximate surface area is 555 Å². The van der Waals surface area contributed by atoms with Gasteiger partial charge in [0.2, 0.25) is 0 Å². The second-order valence-corrected chi connectivity index (χ2v) is 28.2. The Morgan fingerprint density at radius 2 is 0.755 bits per heavy atom. The van der Waals surface area contributed by atoms with Crippen molar-refractivity contribution in [2.24, 2.45) is 0 Å². The first-order chi connectivity index (χ1) is 45.6. The number of nitrogens with zero attached hydrogens (tertiary/aromatic N) is 5. The van der Waals surface area contributed by atoms with E-state index in [4.69, 9.17) is 4.74 Å². The maximum Gasteiger partial charge on any atom is 0.256 e. The van der Waals surface area contributed by atoms with Crippen LogP contribution in [0, 0.1) is 41.5 Å². The summed E-state index contributed by atoms with van der Waals surface area (Å²) in [7, 11) is 0. The number of hydrogen-bond acceptors (Lipinski definition) is 6. The van der Waals surface area contributed by atoms with Crippen LogP contribution in [0.2, 0.25) is 0 Å². The molecule has 456 valence electrons. The zero-order chi connectivity index (χ0) is 64.1. The van der Waals surface area contributed by atoms with E-state index >= 15 is 0 Å². The number of aryl methyl sites for hydroxylation is 6. The molecule has 12 aromatic rings. The molecule has 0 aromatic heterocycles. The highest BCUT2D eigenvalue weighted by Gasteiger charge is 2.49. The van der Waals surface area contributed by atoms with E-state index in [1.807, 2.05) is 0 Å². The topological polar surface area (TPSA) is 25.4 Å². The highest BCUT2D eigenvalue weighted by atomic mass is 16.5. The Morgan fingerprint density at radius 1 is 0.319 bits per heavy atom. The summed E-state index contributed by atoms with van der Waals surface area (Å²) in [6, 6.07) is 93.8. The molecule has 0 saturated heterocycles. The third-order valence-electron chi connectivity index (χ3n) is 21.4. The fourth-order valence-corrected chi connectivity index (χ4v) is 16.8. The van der Waals surface area contributed by atoms with E-state index in [-0.39, 0.29) is 24.3 Å². The number of para-hydroxylation sites is 8. The Morgan fingerprint density at radius 3 is 1.31 bits per heavy atom. The van der Waals surface area contributed by atoms with Crippen molar-refractivity contribution >= 4 is 132 Å². The summed E-state index contributed by atoms with van der Waals surface area (Å²) in [5.41, 5.74) is 34.4. The molecule has 17 rings (SSSR count). The molecular weight excluding hydrogens is 1140 g/mol. The van der Waals surface area contributed by atoms with E-state index in [9.17, 15) is 0 Å². The summed E-state index contributed by atoms with van der Waals surface area (Å²) in [5.74, 6) is 1.73. The van der Waals surface area contributed by atoms with Gasteiger partial charge in [0.15, 0.2) is 0 Å². The molecule has 0 amide bonds. The van der Waals surface area contributed by atoms with Crippen LogP contribution in [0.25, 0.3) is 0 Å². The number of anilines is 15. The summed E-state index contributed by atoms with van der Waals surface area (Å²) in [6.45, 7) is 22.9. The molecule has 5 aliphatic rings. The minimum absolute atomic E-state index is 0.0110. The minimum Gasteiger partial charge on any atom is -0.458 e. The molecule has 0 bridgehead atoms. The van der Waals surface area contributed by atoms with Gasteiger partial charge in [0.05, 0.1) is 22.7 Å². The van der Waals surface area contributed by atoms with Gasteiger partial charge in [0.25, 0.3) is 13.4 Å². The molecular formula is C86H75B2N5O. The zero-order valence-corrected chi connectivity index (χ0v) is 55.4. The summed E-state index contributed by atoms with van der Waals surface area (Å²) in [6.07, 6.45) is 2.28. The summed E-state index contributed by atoms with van der Waals surface area (Å²) >= 11 is 0. The van der Waals surface area contributed by atoms with Crippen molar-refractivity contribution in [1.82, 2.24) is 0 Å². The molecule has 8 heteroatoms. The van der Waals surface area contributed by atoms with Crippen LogP contribution in [0.3, 0.4) is 0 Å². The molecule has 0 unspecified atom stereocenters.